The van der Waals surface area contributed by atoms with Gasteiger partial charge in [-0.15, -0.1) is 0 Å². The van der Waals surface area contributed by atoms with Crippen LogP contribution in [0.15, 0.2) is 59.5 Å². The maximum Gasteiger partial charge on any atom is 0.264 e. The smallest absolute Gasteiger partial charge is 0.264 e. The highest BCUT2D eigenvalue weighted by Gasteiger charge is 2.24. The van der Waals surface area contributed by atoms with Crippen LogP contribution in [0.2, 0.25) is 0 Å². The molecule has 2 rings (SSSR count). The molecule has 0 atom stereocenters. The van der Waals surface area contributed by atoms with Crippen molar-refractivity contribution in [2.24, 2.45) is 0 Å². The van der Waals surface area contributed by atoms with Crippen molar-refractivity contribution in [2.75, 3.05) is 10.8 Å². The molecule has 0 spiro atoms. The molecule has 0 unspecified atom stereocenters. The molecule has 0 aliphatic heterocycles. The van der Waals surface area contributed by atoms with Crippen LogP contribution < -0.4 is 4.31 Å². The number of rotatable bonds is 6. The molecular formula is C16H18FNO2S. The van der Waals surface area contributed by atoms with Gasteiger partial charge in [0, 0.05) is 6.54 Å². The summed E-state index contributed by atoms with van der Waals surface area (Å²) in [5.41, 5.74) is 0.621. The molecule has 0 saturated heterocycles. The molecule has 0 aliphatic carbocycles. The summed E-state index contributed by atoms with van der Waals surface area (Å²) in [5.74, 6) is -0.450. The highest BCUT2D eigenvalue weighted by Crippen LogP contribution is 2.24. The fourth-order valence-corrected chi connectivity index (χ4v) is 3.52. The van der Waals surface area contributed by atoms with E-state index < -0.39 is 15.8 Å². The van der Waals surface area contributed by atoms with E-state index in [-0.39, 0.29) is 4.90 Å². The number of hydrogen-bond donors (Lipinski definition) is 0. The second-order valence-corrected chi connectivity index (χ2v) is 6.58. The van der Waals surface area contributed by atoms with E-state index in [9.17, 15) is 12.8 Å². The van der Waals surface area contributed by atoms with Gasteiger partial charge in [0.15, 0.2) is 0 Å². The molecule has 2 aromatic carbocycles. The lowest BCUT2D eigenvalue weighted by Crippen LogP contribution is -2.32. The zero-order valence-electron chi connectivity index (χ0n) is 11.9. The van der Waals surface area contributed by atoms with E-state index in [1.165, 1.54) is 16.4 Å². The Labute approximate surface area is 125 Å². The highest BCUT2D eigenvalue weighted by atomic mass is 32.2. The lowest BCUT2D eigenvalue weighted by Gasteiger charge is -2.24. The van der Waals surface area contributed by atoms with Crippen molar-refractivity contribution < 1.29 is 12.8 Å². The summed E-state index contributed by atoms with van der Waals surface area (Å²) in [6, 6.07) is 13.9. The van der Waals surface area contributed by atoms with Gasteiger partial charge >= 0.3 is 0 Å². The molecule has 0 fully saturated rings. The Bertz CT molecular complexity index is 669. The first-order chi connectivity index (χ1) is 10.1. The summed E-state index contributed by atoms with van der Waals surface area (Å²) in [4.78, 5) is 0.101. The second-order valence-electron chi connectivity index (χ2n) is 4.72. The van der Waals surface area contributed by atoms with Gasteiger partial charge in [-0.3, -0.25) is 4.31 Å². The predicted molar refractivity (Wildman–Crippen MR) is 82.3 cm³/mol. The van der Waals surface area contributed by atoms with Crippen molar-refractivity contribution in [3.8, 4) is 0 Å². The Kier molecular flexibility index (Phi) is 4.96. The third kappa shape index (κ3) is 3.61. The first-order valence-electron chi connectivity index (χ1n) is 6.89. The van der Waals surface area contributed by atoms with Crippen LogP contribution in [0.25, 0.3) is 0 Å². The molecule has 0 saturated carbocycles. The SMILES string of the molecule is CCCCN(c1ccccc1)S(=O)(=O)c1ccc(F)cc1. The monoisotopic (exact) mass is 307 g/mol. The standard InChI is InChI=1S/C16H18FNO2S/c1-2-3-13-18(15-7-5-4-6-8-15)21(19,20)16-11-9-14(17)10-12-16/h4-12H,2-3,13H2,1H3. The predicted octanol–water partition coefficient (Wildman–Crippen LogP) is 3.82. The van der Waals surface area contributed by atoms with Crippen LogP contribution in [-0.4, -0.2) is 15.0 Å². The van der Waals surface area contributed by atoms with Gasteiger partial charge in [0.25, 0.3) is 10.0 Å². The first-order valence-corrected chi connectivity index (χ1v) is 8.33. The molecule has 0 aliphatic rings. The second kappa shape index (κ2) is 6.72. The lowest BCUT2D eigenvalue weighted by atomic mass is 10.3. The van der Waals surface area contributed by atoms with E-state index in [1.54, 1.807) is 24.3 Å². The number of unbranched alkanes of at least 4 members (excludes halogenated alkanes) is 1. The molecule has 112 valence electrons. The van der Waals surface area contributed by atoms with Gasteiger partial charge in [0.2, 0.25) is 0 Å². The van der Waals surface area contributed by atoms with Crippen LogP contribution in [0.4, 0.5) is 10.1 Å². The zero-order chi connectivity index (χ0) is 15.3. The van der Waals surface area contributed by atoms with Crippen molar-refractivity contribution in [1.82, 2.24) is 0 Å². The van der Waals surface area contributed by atoms with Crippen LogP contribution in [0.5, 0.6) is 0 Å². The average molecular weight is 307 g/mol. The van der Waals surface area contributed by atoms with Crippen molar-refractivity contribution in [2.45, 2.75) is 24.7 Å². The molecule has 2 aromatic rings. The van der Waals surface area contributed by atoms with Crippen molar-refractivity contribution in [1.29, 1.82) is 0 Å². The Morgan fingerprint density at radius 1 is 1.00 bits per heavy atom. The molecule has 0 N–H and O–H groups in total. The maximum atomic E-state index is 13.0. The van der Waals surface area contributed by atoms with Crippen LogP contribution >= 0.6 is 0 Å². The number of sulfonamides is 1. The fraction of sp³-hybridized carbons (Fsp3) is 0.250. The lowest BCUT2D eigenvalue weighted by molar-refractivity contribution is 0.587. The summed E-state index contributed by atoms with van der Waals surface area (Å²) in [5, 5.41) is 0. The Morgan fingerprint density at radius 3 is 2.19 bits per heavy atom. The van der Waals surface area contributed by atoms with Crippen LogP contribution in [-0.2, 0) is 10.0 Å². The normalized spacial score (nSPS) is 11.3. The molecule has 0 radical (unpaired) electrons. The van der Waals surface area contributed by atoms with Crippen molar-refractivity contribution in [3.63, 3.8) is 0 Å². The summed E-state index contributed by atoms with van der Waals surface area (Å²) in [6.07, 6.45) is 1.65. The maximum absolute atomic E-state index is 13.0. The molecule has 0 bridgehead atoms. The van der Waals surface area contributed by atoms with E-state index in [0.29, 0.717) is 12.2 Å². The van der Waals surface area contributed by atoms with Gasteiger partial charge in [-0.2, -0.15) is 0 Å². The summed E-state index contributed by atoms with van der Waals surface area (Å²) in [7, 11) is -3.68. The van der Waals surface area contributed by atoms with Gasteiger partial charge in [-0.25, -0.2) is 12.8 Å². The molecule has 5 heteroatoms. The van der Waals surface area contributed by atoms with E-state index in [2.05, 4.69) is 0 Å². The van der Waals surface area contributed by atoms with Gasteiger partial charge in [-0.1, -0.05) is 31.5 Å². The number of nitrogens with zero attached hydrogens (tertiary/aromatic N) is 1. The average Bonchev–Trinajstić information content (AvgIpc) is 2.49. The van der Waals surface area contributed by atoms with Gasteiger partial charge in [0.05, 0.1) is 10.6 Å². The minimum Gasteiger partial charge on any atom is -0.266 e. The number of halogens is 1. The molecule has 21 heavy (non-hydrogen) atoms. The third-order valence-electron chi connectivity index (χ3n) is 3.16. The number of hydrogen-bond acceptors (Lipinski definition) is 2. The van der Waals surface area contributed by atoms with Gasteiger partial charge in [-0.05, 0) is 42.8 Å². The minimum absolute atomic E-state index is 0.101. The molecule has 0 aromatic heterocycles. The number of benzene rings is 2. The zero-order valence-corrected chi connectivity index (χ0v) is 12.7. The highest BCUT2D eigenvalue weighted by molar-refractivity contribution is 7.92. The van der Waals surface area contributed by atoms with Gasteiger partial charge < -0.3 is 0 Å². The van der Waals surface area contributed by atoms with E-state index in [0.717, 1.165) is 25.0 Å². The van der Waals surface area contributed by atoms with Gasteiger partial charge in [0.1, 0.15) is 5.82 Å². The molecule has 3 nitrogen and oxygen atoms in total. The summed E-state index contributed by atoms with van der Waals surface area (Å²) >= 11 is 0. The van der Waals surface area contributed by atoms with E-state index >= 15 is 0 Å². The van der Waals surface area contributed by atoms with Crippen molar-refractivity contribution in [3.05, 3.63) is 60.4 Å². The van der Waals surface area contributed by atoms with Crippen molar-refractivity contribution >= 4 is 15.7 Å². The topological polar surface area (TPSA) is 37.4 Å². The Balaban J connectivity index is 2.42. The summed E-state index contributed by atoms with van der Waals surface area (Å²) < 4.78 is 39.9. The summed E-state index contributed by atoms with van der Waals surface area (Å²) in [6.45, 7) is 2.41. The van der Waals surface area contributed by atoms with Crippen LogP contribution in [0.1, 0.15) is 19.8 Å². The van der Waals surface area contributed by atoms with E-state index in [1.807, 2.05) is 13.0 Å². The van der Waals surface area contributed by atoms with Crippen LogP contribution in [0, 0.1) is 5.82 Å². The molecule has 0 amide bonds. The molecule has 0 heterocycles. The Morgan fingerprint density at radius 2 is 1.62 bits per heavy atom. The Hall–Kier alpha value is -1.88. The first kappa shape index (κ1) is 15.5. The quantitative estimate of drug-likeness (QED) is 0.813. The van der Waals surface area contributed by atoms with Crippen LogP contribution in [0.3, 0.4) is 0 Å². The fourth-order valence-electron chi connectivity index (χ4n) is 2.02. The molecular weight excluding hydrogens is 289 g/mol. The number of anilines is 1. The number of para-hydroxylation sites is 1. The minimum atomic E-state index is -3.68. The largest absolute Gasteiger partial charge is 0.266 e. The third-order valence-corrected chi connectivity index (χ3v) is 5.00. The van der Waals surface area contributed by atoms with E-state index in [4.69, 9.17) is 0 Å².